The number of nitrogens with zero attached hydrogens (tertiary/aromatic N) is 4. The van der Waals surface area contributed by atoms with Crippen molar-refractivity contribution in [3.05, 3.63) is 46.5 Å². The first-order valence-electron chi connectivity index (χ1n) is 8.31. The number of amides is 1. The third-order valence-electron chi connectivity index (χ3n) is 3.93. The molecule has 3 aromatic rings. The molecule has 0 spiro atoms. The Labute approximate surface area is 165 Å². The fourth-order valence-electron chi connectivity index (χ4n) is 2.52. The normalized spacial score (nSPS) is 10.9. The standard InChI is InChI=1S/C17H18Cl2N6O2/c18-12-4-3-5-13(19)11(12)8-21-17(26)27-7-2-1-6-25-10-24-14-15(20)22-9-23-16(14)25/h3-5,9-10H,1-2,6-8H2,(H,21,26)(H2,20,22,23). The average molecular weight is 409 g/mol. The number of alkyl carbamates (subject to hydrolysis) is 1. The van der Waals surface area contributed by atoms with Crippen LogP contribution in [0.5, 0.6) is 0 Å². The van der Waals surface area contributed by atoms with E-state index in [1.54, 1.807) is 24.5 Å². The Balaban J connectivity index is 1.38. The number of aryl methyl sites for hydroxylation is 1. The highest BCUT2D eigenvalue weighted by Gasteiger charge is 2.09. The molecule has 0 unspecified atom stereocenters. The van der Waals surface area contributed by atoms with Crippen LogP contribution >= 0.6 is 23.2 Å². The zero-order chi connectivity index (χ0) is 19.2. The molecule has 0 radical (unpaired) electrons. The highest BCUT2D eigenvalue weighted by atomic mass is 35.5. The first-order valence-corrected chi connectivity index (χ1v) is 9.06. The highest BCUT2D eigenvalue weighted by Crippen LogP contribution is 2.23. The number of aromatic nitrogens is 4. The van der Waals surface area contributed by atoms with Crippen molar-refractivity contribution >= 4 is 46.3 Å². The zero-order valence-electron chi connectivity index (χ0n) is 14.4. The quantitative estimate of drug-likeness (QED) is 0.579. The SMILES string of the molecule is Nc1ncnc2c1ncn2CCCCOC(=O)NCc1c(Cl)cccc1Cl. The number of fused-ring (bicyclic) bond motifs is 1. The summed E-state index contributed by atoms with van der Waals surface area (Å²) in [6.07, 6.45) is 4.06. The van der Waals surface area contributed by atoms with Gasteiger partial charge in [-0.25, -0.2) is 19.7 Å². The monoisotopic (exact) mass is 408 g/mol. The van der Waals surface area contributed by atoms with E-state index < -0.39 is 6.09 Å². The molecule has 0 aliphatic carbocycles. The second-order valence-corrected chi connectivity index (χ2v) is 6.58. The molecule has 2 aromatic heterocycles. The number of ether oxygens (including phenoxy) is 1. The molecule has 27 heavy (non-hydrogen) atoms. The Morgan fingerprint density at radius 2 is 1.96 bits per heavy atom. The molecule has 3 rings (SSSR count). The summed E-state index contributed by atoms with van der Waals surface area (Å²) in [6.45, 7) is 1.19. The number of hydrogen-bond acceptors (Lipinski definition) is 6. The van der Waals surface area contributed by atoms with E-state index in [0.717, 1.165) is 6.42 Å². The molecule has 1 amide bonds. The minimum atomic E-state index is -0.514. The summed E-state index contributed by atoms with van der Waals surface area (Å²) in [5, 5.41) is 3.64. The van der Waals surface area contributed by atoms with E-state index in [-0.39, 0.29) is 6.54 Å². The molecule has 0 aliphatic heterocycles. The van der Waals surface area contributed by atoms with Gasteiger partial charge in [-0.1, -0.05) is 29.3 Å². The van der Waals surface area contributed by atoms with Gasteiger partial charge in [0.05, 0.1) is 12.9 Å². The van der Waals surface area contributed by atoms with Crippen LogP contribution in [0, 0.1) is 0 Å². The smallest absolute Gasteiger partial charge is 0.407 e. The van der Waals surface area contributed by atoms with Gasteiger partial charge in [0.15, 0.2) is 11.5 Å². The number of imidazole rings is 1. The molecule has 2 heterocycles. The lowest BCUT2D eigenvalue weighted by atomic mass is 10.2. The number of rotatable bonds is 7. The van der Waals surface area contributed by atoms with Gasteiger partial charge in [0.25, 0.3) is 0 Å². The van der Waals surface area contributed by atoms with Gasteiger partial charge in [0, 0.05) is 28.7 Å². The van der Waals surface area contributed by atoms with Gasteiger partial charge in [-0.2, -0.15) is 0 Å². The lowest BCUT2D eigenvalue weighted by Crippen LogP contribution is -2.24. The number of nitrogens with two attached hydrogens (primary N) is 1. The maximum Gasteiger partial charge on any atom is 0.407 e. The molecule has 0 bridgehead atoms. The molecular weight excluding hydrogens is 391 g/mol. The van der Waals surface area contributed by atoms with Crippen molar-refractivity contribution in [2.24, 2.45) is 0 Å². The van der Waals surface area contributed by atoms with Gasteiger partial charge in [-0.05, 0) is 25.0 Å². The first-order chi connectivity index (χ1) is 13.1. The van der Waals surface area contributed by atoms with Crippen molar-refractivity contribution in [1.82, 2.24) is 24.8 Å². The van der Waals surface area contributed by atoms with Crippen molar-refractivity contribution in [2.75, 3.05) is 12.3 Å². The summed E-state index contributed by atoms with van der Waals surface area (Å²) in [7, 11) is 0. The van der Waals surface area contributed by atoms with E-state index in [0.29, 0.717) is 52.2 Å². The molecule has 1 aromatic carbocycles. The van der Waals surface area contributed by atoms with E-state index in [9.17, 15) is 4.79 Å². The van der Waals surface area contributed by atoms with Crippen LogP contribution < -0.4 is 11.1 Å². The molecule has 0 saturated carbocycles. The zero-order valence-corrected chi connectivity index (χ0v) is 15.9. The Hall–Kier alpha value is -2.58. The summed E-state index contributed by atoms with van der Waals surface area (Å²) in [6, 6.07) is 5.18. The molecule has 0 aliphatic rings. The van der Waals surface area contributed by atoms with Crippen LogP contribution in [0.15, 0.2) is 30.9 Å². The number of benzene rings is 1. The van der Waals surface area contributed by atoms with Crippen LogP contribution in [0.1, 0.15) is 18.4 Å². The number of carbonyl (C=O) groups excluding carboxylic acids is 1. The van der Waals surface area contributed by atoms with Crippen LogP contribution in [0.25, 0.3) is 11.2 Å². The molecule has 142 valence electrons. The van der Waals surface area contributed by atoms with Crippen molar-refractivity contribution in [1.29, 1.82) is 0 Å². The second kappa shape index (κ2) is 8.88. The number of nitrogens with one attached hydrogen (secondary N) is 1. The van der Waals surface area contributed by atoms with E-state index in [2.05, 4.69) is 20.3 Å². The van der Waals surface area contributed by atoms with Crippen molar-refractivity contribution in [3.8, 4) is 0 Å². The van der Waals surface area contributed by atoms with E-state index in [1.807, 2.05) is 4.57 Å². The number of anilines is 1. The predicted molar refractivity (Wildman–Crippen MR) is 104 cm³/mol. The van der Waals surface area contributed by atoms with Crippen molar-refractivity contribution in [2.45, 2.75) is 25.9 Å². The number of nitrogen functional groups attached to an aromatic ring is 1. The first kappa shape index (κ1) is 19.2. The molecule has 0 saturated heterocycles. The Morgan fingerprint density at radius 1 is 1.19 bits per heavy atom. The van der Waals surface area contributed by atoms with Crippen LogP contribution in [0.3, 0.4) is 0 Å². The van der Waals surface area contributed by atoms with Gasteiger partial charge >= 0.3 is 6.09 Å². The van der Waals surface area contributed by atoms with Gasteiger partial charge < -0.3 is 20.4 Å². The largest absolute Gasteiger partial charge is 0.450 e. The Morgan fingerprint density at radius 3 is 2.74 bits per heavy atom. The van der Waals surface area contributed by atoms with Gasteiger partial charge in [0.1, 0.15) is 11.8 Å². The summed E-state index contributed by atoms with van der Waals surface area (Å²) in [4.78, 5) is 24.1. The number of unbranched alkanes of at least 4 members (excludes halogenated alkanes) is 1. The van der Waals surface area contributed by atoms with E-state index >= 15 is 0 Å². The Bertz CT molecular complexity index is 926. The van der Waals surface area contributed by atoms with Crippen LogP contribution in [0.2, 0.25) is 10.0 Å². The van der Waals surface area contributed by atoms with Crippen molar-refractivity contribution in [3.63, 3.8) is 0 Å². The number of hydrogen-bond donors (Lipinski definition) is 2. The predicted octanol–water partition coefficient (Wildman–Crippen LogP) is 3.42. The third-order valence-corrected chi connectivity index (χ3v) is 4.64. The maximum absolute atomic E-state index is 11.8. The second-order valence-electron chi connectivity index (χ2n) is 5.77. The maximum atomic E-state index is 11.8. The lowest BCUT2D eigenvalue weighted by molar-refractivity contribution is 0.143. The minimum absolute atomic E-state index is 0.208. The summed E-state index contributed by atoms with van der Waals surface area (Å²) in [5.74, 6) is 0.359. The summed E-state index contributed by atoms with van der Waals surface area (Å²) in [5.41, 5.74) is 7.70. The number of halogens is 2. The summed E-state index contributed by atoms with van der Waals surface area (Å²) < 4.78 is 7.06. The highest BCUT2D eigenvalue weighted by molar-refractivity contribution is 6.36. The molecule has 3 N–H and O–H groups in total. The number of carbonyl (C=O) groups is 1. The fraction of sp³-hybridized carbons (Fsp3) is 0.294. The van der Waals surface area contributed by atoms with Crippen molar-refractivity contribution < 1.29 is 9.53 Å². The third kappa shape index (κ3) is 4.78. The average Bonchev–Trinajstić information content (AvgIpc) is 3.05. The topological polar surface area (TPSA) is 108 Å². The van der Waals surface area contributed by atoms with Gasteiger partial charge in [-0.3, -0.25) is 0 Å². The molecule has 0 fully saturated rings. The molecule has 8 nitrogen and oxygen atoms in total. The van der Waals surface area contributed by atoms with Crippen LogP contribution in [-0.2, 0) is 17.8 Å². The van der Waals surface area contributed by atoms with Crippen LogP contribution in [-0.4, -0.2) is 32.2 Å². The molecule has 10 heteroatoms. The lowest BCUT2D eigenvalue weighted by Gasteiger charge is -2.09. The Kier molecular flexibility index (Phi) is 6.31. The van der Waals surface area contributed by atoms with E-state index in [1.165, 1.54) is 6.33 Å². The van der Waals surface area contributed by atoms with Gasteiger partial charge in [-0.15, -0.1) is 0 Å². The fourth-order valence-corrected chi connectivity index (χ4v) is 3.06. The van der Waals surface area contributed by atoms with Gasteiger partial charge in [0.2, 0.25) is 0 Å². The summed E-state index contributed by atoms with van der Waals surface area (Å²) >= 11 is 12.1. The molecular formula is C17H18Cl2N6O2. The van der Waals surface area contributed by atoms with E-state index in [4.69, 9.17) is 33.7 Å². The van der Waals surface area contributed by atoms with Crippen LogP contribution in [0.4, 0.5) is 10.6 Å². The molecule has 0 atom stereocenters. The minimum Gasteiger partial charge on any atom is -0.450 e.